The van der Waals surface area contributed by atoms with Gasteiger partial charge in [-0.15, -0.1) is 0 Å². The van der Waals surface area contributed by atoms with Gasteiger partial charge in [-0.3, -0.25) is 9.69 Å². The van der Waals surface area contributed by atoms with Crippen molar-refractivity contribution in [3.05, 3.63) is 53.8 Å². The lowest BCUT2D eigenvalue weighted by Crippen LogP contribution is -2.39. The van der Waals surface area contributed by atoms with Crippen molar-refractivity contribution >= 4 is 32.6 Å². The molecule has 0 aliphatic rings. The standard InChI is InChI=1S/C22H26FN3O2S/c1-4-25(5-2)14-15-26(21(27)16-10-7-8-11-17(16)23)22-24-20-18(28-6-3)12-9-13-19(20)29-22/h7-13H,4-6,14-15H2,1-3H3. The van der Waals surface area contributed by atoms with E-state index in [9.17, 15) is 9.18 Å². The van der Waals surface area contributed by atoms with E-state index in [1.54, 1.807) is 17.0 Å². The SMILES string of the molecule is CCOc1cccc2sc(N(CCN(CC)CC)C(=O)c3ccccc3F)nc12. The zero-order valence-electron chi connectivity index (χ0n) is 17.0. The molecular formula is C22H26FN3O2S. The predicted molar refractivity (Wildman–Crippen MR) is 117 cm³/mol. The van der Waals surface area contributed by atoms with E-state index in [2.05, 4.69) is 18.7 Å². The van der Waals surface area contributed by atoms with Crippen molar-refractivity contribution in [2.75, 3.05) is 37.7 Å². The molecule has 0 unspecified atom stereocenters. The van der Waals surface area contributed by atoms with Crippen LogP contribution in [0.4, 0.5) is 9.52 Å². The average molecular weight is 416 g/mol. The molecule has 1 heterocycles. The second kappa shape index (κ2) is 9.80. The Hall–Kier alpha value is -2.51. The highest BCUT2D eigenvalue weighted by Gasteiger charge is 2.24. The topological polar surface area (TPSA) is 45.7 Å². The summed E-state index contributed by atoms with van der Waals surface area (Å²) in [4.78, 5) is 21.7. The number of hydrogen-bond acceptors (Lipinski definition) is 5. The Morgan fingerprint density at radius 3 is 2.52 bits per heavy atom. The van der Waals surface area contributed by atoms with E-state index < -0.39 is 5.82 Å². The minimum absolute atomic E-state index is 0.0522. The van der Waals surface area contributed by atoms with Crippen LogP contribution in [-0.2, 0) is 0 Å². The van der Waals surface area contributed by atoms with Gasteiger partial charge in [0.25, 0.3) is 5.91 Å². The van der Waals surface area contributed by atoms with Crippen molar-refractivity contribution in [2.45, 2.75) is 20.8 Å². The minimum atomic E-state index is -0.526. The lowest BCUT2D eigenvalue weighted by Gasteiger charge is -2.24. The summed E-state index contributed by atoms with van der Waals surface area (Å²) in [6.07, 6.45) is 0. The number of likely N-dealkylation sites (N-methyl/N-ethyl adjacent to an activating group) is 1. The van der Waals surface area contributed by atoms with Gasteiger partial charge >= 0.3 is 0 Å². The van der Waals surface area contributed by atoms with Crippen LogP contribution >= 0.6 is 11.3 Å². The van der Waals surface area contributed by atoms with Crippen LogP contribution in [0.25, 0.3) is 10.2 Å². The Kier molecular flexibility index (Phi) is 7.17. The van der Waals surface area contributed by atoms with Crippen molar-refractivity contribution in [3.63, 3.8) is 0 Å². The third kappa shape index (κ3) is 4.74. The first-order valence-electron chi connectivity index (χ1n) is 9.90. The molecule has 29 heavy (non-hydrogen) atoms. The highest BCUT2D eigenvalue weighted by atomic mass is 32.1. The van der Waals surface area contributed by atoms with E-state index >= 15 is 0 Å². The number of ether oxygens (including phenoxy) is 1. The van der Waals surface area contributed by atoms with Crippen molar-refractivity contribution < 1.29 is 13.9 Å². The predicted octanol–water partition coefficient (Wildman–Crippen LogP) is 4.82. The zero-order valence-corrected chi connectivity index (χ0v) is 17.8. The van der Waals surface area contributed by atoms with E-state index in [1.165, 1.54) is 23.5 Å². The number of para-hydroxylation sites is 1. The number of fused-ring (bicyclic) bond motifs is 1. The number of benzene rings is 2. The average Bonchev–Trinajstić information content (AvgIpc) is 3.16. The molecule has 154 valence electrons. The van der Waals surface area contributed by atoms with Crippen LogP contribution in [0, 0.1) is 5.82 Å². The normalized spacial score (nSPS) is 11.2. The van der Waals surface area contributed by atoms with Gasteiger partial charge in [0.05, 0.1) is 16.9 Å². The maximum Gasteiger partial charge on any atom is 0.263 e. The maximum absolute atomic E-state index is 14.3. The molecule has 0 fully saturated rings. The molecule has 0 aliphatic heterocycles. The van der Waals surface area contributed by atoms with E-state index in [0.29, 0.717) is 30.6 Å². The molecule has 3 rings (SSSR count). The molecule has 2 aromatic carbocycles. The maximum atomic E-state index is 14.3. The van der Waals surface area contributed by atoms with Crippen molar-refractivity contribution in [3.8, 4) is 5.75 Å². The first-order chi connectivity index (χ1) is 14.1. The molecule has 0 N–H and O–H groups in total. The molecule has 1 aromatic heterocycles. The van der Waals surface area contributed by atoms with Crippen LogP contribution in [0.1, 0.15) is 31.1 Å². The molecule has 0 radical (unpaired) electrons. The fourth-order valence-electron chi connectivity index (χ4n) is 3.14. The Morgan fingerprint density at radius 1 is 1.07 bits per heavy atom. The third-order valence-corrected chi connectivity index (χ3v) is 5.83. The summed E-state index contributed by atoms with van der Waals surface area (Å²) in [7, 11) is 0. The summed E-state index contributed by atoms with van der Waals surface area (Å²) < 4.78 is 20.9. The summed E-state index contributed by atoms with van der Waals surface area (Å²) in [6, 6.07) is 11.8. The molecule has 0 aliphatic carbocycles. The number of thiazole rings is 1. The van der Waals surface area contributed by atoms with Gasteiger partial charge in [-0.05, 0) is 44.3 Å². The molecule has 0 spiro atoms. The van der Waals surface area contributed by atoms with Gasteiger partial charge < -0.3 is 9.64 Å². The quantitative estimate of drug-likeness (QED) is 0.503. The number of nitrogens with zero attached hydrogens (tertiary/aromatic N) is 3. The molecule has 1 amide bonds. The number of rotatable bonds is 9. The second-order valence-corrected chi connectivity index (χ2v) is 7.50. The number of aromatic nitrogens is 1. The summed E-state index contributed by atoms with van der Waals surface area (Å²) in [5, 5.41) is 0.549. The van der Waals surface area contributed by atoms with E-state index in [-0.39, 0.29) is 11.5 Å². The fraction of sp³-hybridized carbons (Fsp3) is 0.364. The highest BCUT2D eigenvalue weighted by Crippen LogP contribution is 2.34. The van der Waals surface area contributed by atoms with Gasteiger partial charge in [0.15, 0.2) is 5.13 Å². The van der Waals surface area contributed by atoms with E-state index in [4.69, 9.17) is 9.72 Å². The van der Waals surface area contributed by atoms with Gasteiger partial charge in [-0.1, -0.05) is 43.4 Å². The van der Waals surface area contributed by atoms with Gasteiger partial charge in [0, 0.05) is 13.1 Å². The molecule has 0 saturated carbocycles. The number of carbonyl (C=O) groups is 1. The monoisotopic (exact) mass is 415 g/mol. The number of anilines is 1. The molecule has 0 saturated heterocycles. The van der Waals surface area contributed by atoms with Crippen LogP contribution in [0.5, 0.6) is 5.75 Å². The Balaban J connectivity index is 2.00. The molecule has 7 heteroatoms. The summed E-state index contributed by atoms with van der Waals surface area (Å²) >= 11 is 1.41. The fourth-order valence-corrected chi connectivity index (χ4v) is 4.15. The van der Waals surface area contributed by atoms with Gasteiger partial charge in [-0.2, -0.15) is 0 Å². The number of carbonyl (C=O) groups excluding carboxylic acids is 1. The van der Waals surface area contributed by atoms with Crippen molar-refractivity contribution in [1.29, 1.82) is 0 Å². The van der Waals surface area contributed by atoms with Gasteiger partial charge in [0.2, 0.25) is 0 Å². The van der Waals surface area contributed by atoms with Gasteiger partial charge in [0.1, 0.15) is 17.1 Å². The first-order valence-corrected chi connectivity index (χ1v) is 10.7. The summed E-state index contributed by atoms with van der Waals surface area (Å²) in [5.74, 6) is -0.219. The molecular weight excluding hydrogens is 389 g/mol. The minimum Gasteiger partial charge on any atom is -0.492 e. The van der Waals surface area contributed by atoms with E-state index in [0.717, 1.165) is 23.3 Å². The van der Waals surface area contributed by atoms with Crippen molar-refractivity contribution in [2.24, 2.45) is 0 Å². The lowest BCUT2D eigenvalue weighted by molar-refractivity contribution is 0.0980. The number of hydrogen-bond donors (Lipinski definition) is 0. The molecule has 5 nitrogen and oxygen atoms in total. The van der Waals surface area contributed by atoms with Crippen LogP contribution in [0.2, 0.25) is 0 Å². The largest absolute Gasteiger partial charge is 0.492 e. The lowest BCUT2D eigenvalue weighted by atomic mass is 10.2. The molecule has 3 aromatic rings. The van der Waals surface area contributed by atoms with Gasteiger partial charge in [-0.25, -0.2) is 9.37 Å². The molecule has 0 bridgehead atoms. The van der Waals surface area contributed by atoms with Crippen LogP contribution < -0.4 is 9.64 Å². The number of amides is 1. The second-order valence-electron chi connectivity index (χ2n) is 6.50. The smallest absolute Gasteiger partial charge is 0.263 e. The van der Waals surface area contributed by atoms with Crippen LogP contribution in [-0.4, -0.2) is 48.6 Å². The number of halogens is 1. The first kappa shape index (κ1) is 21.2. The zero-order chi connectivity index (χ0) is 20.8. The van der Waals surface area contributed by atoms with E-state index in [1.807, 2.05) is 25.1 Å². The Morgan fingerprint density at radius 2 is 1.83 bits per heavy atom. The van der Waals surface area contributed by atoms with Crippen molar-refractivity contribution in [1.82, 2.24) is 9.88 Å². The third-order valence-electron chi connectivity index (χ3n) is 4.79. The Labute approximate surface area is 174 Å². The summed E-state index contributed by atoms with van der Waals surface area (Å²) in [5.41, 5.74) is 0.778. The van der Waals surface area contributed by atoms with Crippen LogP contribution in [0.15, 0.2) is 42.5 Å². The Bertz CT molecular complexity index is 972. The summed E-state index contributed by atoms with van der Waals surface area (Å²) in [6.45, 7) is 9.49. The van der Waals surface area contributed by atoms with Crippen LogP contribution in [0.3, 0.4) is 0 Å². The molecule has 0 atom stereocenters. The highest BCUT2D eigenvalue weighted by molar-refractivity contribution is 7.22.